The van der Waals surface area contributed by atoms with Crippen LogP contribution < -0.4 is 0 Å². The number of hydrogen-bond acceptors (Lipinski definition) is 2. The van der Waals surface area contributed by atoms with Gasteiger partial charge in [0.15, 0.2) is 0 Å². The van der Waals surface area contributed by atoms with Crippen LogP contribution in [0, 0.1) is 22.7 Å². The molecule has 0 amide bonds. The van der Waals surface area contributed by atoms with Gasteiger partial charge in [0.2, 0.25) is 0 Å². The van der Waals surface area contributed by atoms with E-state index in [0.717, 1.165) is 18.8 Å². The van der Waals surface area contributed by atoms with Crippen molar-refractivity contribution in [1.29, 1.82) is 0 Å². The molecule has 0 atom stereocenters. The van der Waals surface area contributed by atoms with Gasteiger partial charge in [0.25, 0.3) is 0 Å². The number of hydrogen-bond donors (Lipinski definition) is 0. The van der Waals surface area contributed by atoms with Crippen LogP contribution in [0.1, 0.15) is 65.2 Å². The number of rotatable bonds is 9. The lowest BCUT2D eigenvalue weighted by Gasteiger charge is -2.16. The summed E-state index contributed by atoms with van der Waals surface area (Å²) in [6.45, 7) is 11.3. The minimum Gasteiger partial charge on any atom is -0.375 e. The largest absolute Gasteiger partial charge is 0.375 e. The molecule has 140 valence electrons. The highest BCUT2D eigenvalue weighted by molar-refractivity contribution is 5.34. The first-order valence-corrected chi connectivity index (χ1v) is 10.3. The van der Waals surface area contributed by atoms with Gasteiger partial charge in [-0.15, -0.1) is 0 Å². The van der Waals surface area contributed by atoms with E-state index in [4.69, 9.17) is 9.47 Å². The molecule has 0 spiro atoms. The molecule has 0 unspecified atom stereocenters. The van der Waals surface area contributed by atoms with Crippen molar-refractivity contribution in [2.75, 3.05) is 26.4 Å². The van der Waals surface area contributed by atoms with Gasteiger partial charge in [-0.1, -0.05) is 40.7 Å². The van der Waals surface area contributed by atoms with Crippen molar-refractivity contribution in [1.82, 2.24) is 0 Å². The third-order valence-electron chi connectivity index (χ3n) is 6.83. The van der Waals surface area contributed by atoms with Gasteiger partial charge in [-0.25, -0.2) is 0 Å². The van der Waals surface area contributed by atoms with Crippen molar-refractivity contribution in [3.63, 3.8) is 0 Å². The molecule has 4 aliphatic rings. The Morgan fingerprint density at radius 2 is 1.38 bits per heavy atom. The highest BCUT2D eigenvalue weighted by Crippen LogP contribution is 2.56. The van der Waals surface area contributed by atoms with Gasteiger partial charge in [0.05, 0.1) is 19.8 Å². The maximum Gasteiger partial charge on any atom is 0.108 e. The van der Waals surface area contributed by atoms with E-state index in [1.807, 2.05) is 0 Å². The maximum absolute atomic E-state index is 5.92. The average molecular weight is 353 g/mol. The Hall–Kier alpha value is -1.30. The summed E-state index contributed by atoms with van der Waals surface area (Å²) in [5, 5.41) is 0. The van der Waals surface area contributed by atoms with Crippen LogP contribution in [0.2, 0.25) is 0 Å². The molecule has 2 heteroatoms. The molecule has 0 radical (unpaired) electrons. The Morgan fingerprint density at radius 1 is 0.885 bits per heavy atom. The quantitative estimate of drug-likeness (QED) is 0.316. The standard InChI is InChI=1S/C24H32O2/c1-18(15-26-17-24(12-13-24)20(3)22-8-9-22)5-4-14-25-16-23(10-11-23)19(2)21-6-7-21/h1,6-17H2,2-3H3. The Bertz CT molecular complexity index is 705. The molecule has 0 N–H and O–H groups in total. The molecule has 2 nitrogen and oxygen atoms in total. The predicted octanol–water partition coefficient (Wildman–Crippen LogP) is 5.36. The van der Waals surface area contributed by atoms with Crippen LogP contribution >= 0.6 is 0 Å². The van der Waals surface area contributed by atoms with E-state index in [9.17, 15) is 0 Å². The highest BCUT2D eigenvalue weighted by Gasteiger charge is 2.47. The fraction of sp³-hybridized carbons (Fsp3) is 0.667. The molecule has 0 aromatic heterocycles. The Balaban J connectivity index is 1.13. The lowest BCUT2D eigenvalue weighted by Crippen LogP contribution is -2.13. The summed E-state index contributed by atoms with van der Waals surface area (Å²) >= 11 is 0. The van der Waals surface area contributed by atoms with E-state index in [0.29, 0.717) is 24.0 Å². The van der Waals surface area contributed by atoms with Gasteiger partial charge < -0.3 is 9.47 Å². The highest BCUT2D eigenvalue weighted by atomic mass is 16.5. The van der Waals surface area contributed by atoms with Gasteiger partial charge in [-0.05, 0) is 65.2 Å². The van der Waals surface area contributed by atoms with Crippen LogP contribution in [-0.4, -0.2) is 26.4 Å². The maximum atomic E-state index is 5.92. The Kier molecular flexibility index (Phi) is 4.88. The van der Waals surface area contributed by atoms with E-state index in [-0.39, 0.29) is 0 Å². The van der Waals surface area contributed by atoms with Crippen molar-refractivity contribution in [3.8, 4) is 11.8 Å². The minimum absolute atomic E-state index is 0.356. The van der Waals surface area contributed by atoms with Crippen molar-refractivity contribution >= 4 is 0 Å². The summed E-state index contributed by atoms with van der Waals surface area (Å²) in [5.41, 5.74) is 8.13. The smallest absolute Gasteiger partial charge is 0.108 e. The summed E-state index contributed by atoms with van der Waals surface area (Å²) in [6, 6.07) is 0. The summed E-state index contributed by atoms with van der Waals surface area (Å²) < 4.78 is 11.8. The first-order valence-electron chi connectivity index (χ1n) is 10.3. The van der Waals surface area contributed by atoms with Gasteiger partial charge in [0.1, 0.15) is 6.61 Å². The molecule has 0 bridgehead atoms. The summed E-state index contributed by atoms with van der Waals surface area (Å²) in [6.07, 6.45) is 10.4. The van der Waals surface area contributed by atoms with E-state index in [2.05, 4.69) is 32.3 Å². The first kappa shape index (κ1) is 18.1. The van der Waals surface area contributed by atoms with Crippen molar-refractivity contribution < 1.29 is 9.47 Å². The number of ether oxygens (including phenoxy) is 2. The van der Waals surface area contributed by atoms with Gasteiger partial charge in [-0.3, -0.25) is 0 Å². The van der Waals surface area contributed by atoms with Crippen LogP contribution in [0.3, 0.4) is 0 Å². The zero-order valence-electron chi connectivity index (χ0n) is 16.5. The van der Waals surface area contributed by atoms with E-state index in [1.54, 1.807) is 22.3 Å². The molecule has 4 saturated carbocycles. The molecule has 0 aliphatic heterocycles. The lowest BCUT2D eigenvalue weighted by molar-refractivity contribution is 0.122. The normalized spacial score (nSPS) is 23.0. The predicted molar refractivity (Wildman–Crippen MR) is 106 cm³/mol. The second-order valence-electron chi connectivity index (χ2n) is 8.91. The molecule has 0 aromatic rings. The molecule has 0 heterocycles. The van der Waals surface area contributed by atoms with Crippen LogP contribution in [0.5, 0.6) is 0 Å². The first-order chi connectivity index (χ1) is 12.5. The molecule has 0 saturated heterocycles. The van der Waals surface area contributed by atoms with Crippen molar-refractivity contribution in [3.05, 3.63) is 34.4 Å². The van der Waals surface area contributed by atoms with Gasteiger partial charge >= 0.3 is 0 Å². The molecular formula is C24H32O2. The van der Waals surface area contributed by atoms with E-state index < -0.39 is 0 Å². The van der Waals surface area contributed by atoms with Gasteiger partial charge in [-0.2, -0.15) is 0 Å². The topological polar surface area (TPSA) is 18.5 Å². The van der Waals surface area contributed by atoms with Crippen LogP contribution in [0.15, 0.2) is 34.4 Å². The van der Waals surface area contributed by atoms with E-state index >= 15 is 0 Å². The van der Waals surface area contributed by atoms with E-state index in [1.165, 1.54) is 51.4 Å². The minimum atomic E-state index is 0.356. The third kappa shape index (κ3) is 4.16. The molecule has 4 aliphatic carbocycles. The third-order valence-corrected chi connectivity index (χ3v) is 6.83. The zero-order chi connectivity index (χ0) is 18.2. The molecule has 0 aromatic carbocycles. The molecular weight excluding hydrogens is 320 g/mol. The van der Waals surface area contributed by atoms with Gasteiger partial charge in [0, 0.05) is 16.4 Å². The van der Waals surface area contributed by atoms with Crippen LogP contribution in [-0.2, 0) is 9.47 Å². The Morgan fingerprint density at radius 3 is 1.85 bits per heavy atom. The Labute approximate surface area is 158 Å². The zero-order valence-corrected chi connectivity index (χ0v) is 16.5. The second-order valence-corrected chi connectivity index (χ2v) is 8.91. The molecule has 4 rings (SSSR count). The summed E-state index contributed by atoms with van der Waals surface area (Å²) in [4.78, 5) is 0. The second kappa shape index (κ2) is 7.02. The monoisotopic (exact) mass is 352 g/mol. The van der Waals surface area contributed by atoms with Crippen LogP contribution in [0.25, 0.3) is 0 Å². The molecule has 26 heavy (non-hydrogen) atoms. The summed E-state index contributed by atoms with van der Waals surface area (Å²) in [5.74, 6) is 6.21. The fourth-order valence-corrected chi connectivity index (χ4v) is 4.05. The van der Waals surface area contributed by atoms with Crippen molar-refractivity contribution in [2.45, 2.75) is 65.2 Å². The molecule has 4 fully saturated rings. The number of allylic oxidation sites excluding steroid dienone is 2. The van der Waals surface area contributed by atoms with Crippen LogP contribution in [0.4, 0.5) is 0 Å². The average Bonchev–Trinajstić information content (AvgIpc) is 3.48. The summed E-state index contributed by atoms with van der Waals surface area (Å²) in [7, 11) is 0. The lowest BCUT2D eigenvalue weighted by atomic mass is 9.97. The SMILES string of the molecule is C=C(C#CCOCC1(C(C)=C2CC2)CC1)COCC1(C(C)=C2CC2)CC1. The fourth-order valence-electron chi connectivity index (χ4n) is 4.05. The van der Waals surface area contributed by atoms with Crippen molar-refractivity contribution in [2.24, 2.45) is 10.8 Å².